The molecule has 0 aliphatic carbocycles. The third kappa shape index (κ3) is 5.49. The molecule has 0 aliphatic rings. The number of anilines is 1. The number of carbonyl (C=O) groups is 1. The van der Waals surface area contributed by atoms with E-state index in [4.69, 9.17) is 5.73 Å². The zero-order valence-electron chi connectivity index (χ0n) is 17.5. The lowest BCUT2D eigenvalue weighted by atomic mass is 10.0. The molecule has 2 heterocycles. The summed E-state index contributed by atoms with van der Waals surface area (Å²) in [5.74, 6) is -0.167. The van der Waals surface area contributed by atoms with Crippen LogP contribution in [0.15, 0.2) is 90.1 Å². The number of nitrogen functional groups attached to an aromatic ring is 1. The number of aromatic nitrogens is 2. The molecule has 0 saturated heterocycles. The Bertz CT molecular complexity index is 1260. The van der Waals surface area contributed by atoms with Gasteiger partial charge >= 0.3 is 0 Å². The number of hydrogen-bond acceptors (Lipinski definition) is 4. The molecule has 0 saturated carbocycles. The minimum absolute atomic E-state index is 0.0610. The third-order valence-electron chi connectivity index (χ3n) is 5.22. The number of benzene rings is 2. The second-order valence-electron chi connectivity index (χ2n) is 7.70. The van der Waals surface area contributed by atoms with Gasteiger partial charge in [0.25, 0.3) is 11.5 Å². The molecule has 0 spiro atoms. The van der Waals surface area contributed by atoms with Gasteiger partial charge in [-0.25, -0.2) is 0 Å². The van der Waals surface area contributed by atoms with Crippen molar-refractivity contribution < 1.29 is 4.79 Å². The summed E-state index contributed by atoms with van der Waals surface area (Å²) in [6, 6.07) is 21.1. The first-order chi connectivity index (χ1) is 15.6. The predicted octanol–water partition coefficient (Wildman–Crippen LogP) is 3.46. The molecular weight excluding hydrogens is 400 g/mol. The van der Waals surface area contributed by atoms with Crippen LogP contribution in [0.3, 0.4) is 0 Å². The average Bonchev–Trinajstić information content (AvgIpc) is 2.81. The Balaban J connectivity index is 1.38. The van der Waals surface area contributed by atoms with Crippen LogP contribution in [0.5, 0.6) is 0 Å². The minimum Gasteiger partial charge on any atom is -0.399 e. The van der Waals surface area contributed by atoms with Gasteiger partial charge in [0.1, 0.15) is 0 Å². The molecule has 4 aromatic rings. The van der Waals surface area contributed by atoms with Crippen LogP contribution >= 0.6 is 0 Å². The van der Waals surface area contributed by atoms with Gasteiger partial charge in [-0.15, -0.1) is 0 Å². The van der Waals surface area contributed by atoms with E-state index in [0.717, 1.165) is 27.8 Å². The molecular formula is C26H24N4O2. The highest BCUT2D eigenvalue weighted by Crippen LogP contribution is 2.14. The molecule has 4 N–H and O–H groups in total. The van der Waals surface area contributed by atoms with Gasteiger partial charge in [-0.3, -0.25) is 14.6 Å². The quantitative estimate of drug-likeness (QED) is 0.396. The number of hydrogen-bond donors (Lipinski definition) is 3. The van der Waals surface area contributed by atoms with Crippen LogP contribution in [0, 0.1) is 0 Å². The number of rotatable bonds is 7. The second kappa shape index (κ2) is 9.75. The fourth-order valence-corrected chi connectivity index (χ4v) is 3.45. The van der Waals surface area contributed by atoms with Gasteiger partial charge < -0.3 is 16.0 Å². The van der Waals surface area contributed by atoms with Crippen molar-refractivity contribution in [1.29, 1.82) is 0 Å². The number of H-pyrrole nitrogens is 1. The number of amides is 1. The summed E-state index contributed by atoms with van der Waals surface area (Å²) < 4.78 is 0. The molecule has 1 amide bonds. The van der Waals surface area contributed by atoms with Gasteiger partial charge in [0, 0.05) is 42.8 Å². The maximum Gasteiger partial charge on any atom is 0.253 e. The van der Waals surface area contributed by atoms with Crippen LogP contribution in [0.2, 0.25) is 0 Å². The summed E-state index contributed by atoms with van der Waals surface area (Å²) in [4.78, 5) is 31.3. The average molecular weight is 425 g/mol. The number of pyridine rings is 2. The predicted molar refractivity (Wildman–Crippen MR) is 125 cm³/mol. The van der Waals surface area contributed by atoms with Crippen molar-refractivity contribution in [2.45, 2.75) is 19.4 Å². The molecule has 2 aromatic carbocycles. The van der Waals surface area contributed by atoms with Gasteiger partial charge in [-0.05, 0) is 52.9 Å². The Kier molecular flexibility index (Phi) is 6.41. The molecule has 160 valence electrons. The molecule has 0 atom stereocenters. The van der Waals surface area contributed by atoms with Crippen LogP contribution < -0.4 is 16.6 Å². The topological polar surface area (TPSA) is 101 Å². The lowest BCUT2D eigenvalue weighted by Gasteiger charge is -2.08. The molecule has 6 heteroatoms. The Morgan fingerprint density at radius 1 is 0.875 bits per heavy atom. The Morgan fingerprint density at radius 3 is 2.28 bits per heavy atom. The minimum atomic E-state index is -0.167. The summed E-state index contributed by atoms with van der Waals surface area (Å²) in [6.07, 6.45) is 6.23. The SMILES string of the molecule is Nc1ccc(CNC(=O)c2cncc(Cc3ccc(Cc4ccc[nH]c4=O)cc3)c2)cc1. The van der Waals surface area contributed by atoms with E-state index in [0.29, 0.717) is 30.6 Å². The lowest BCUT2D eigenvalue weighted by Crippen LogP contribution is -2.23. The summed E-state index contributed by atoms with van der Waals surface area (Å²) in [5.41, 5.74) is 11.7. The molecule has 2 aromatic heterocycles. The first-order valence-electron chi connectivity index (χ1n) is 10.4. The molecule has 32 heavy (non-hydrogen) atoms. The molecule has 0 unspecified atom stereocenters. The van der Waals surface area contributed by atoms with Crippen LogP contribution in [-0.4, -0.2) is 15.9 Å². The fourth-order valence-electron chi connectivity index (χ4n) is 3.45. The van der Waals surface area contributed by atoms with Crippen LogP contribution in [-0.2, 0) is 19.4 Å². The monoisotopic (exact) mass is 424 g/mol. The number of aromatic amines is 1. The molecule has 0 aliphatic heterocycles. The van der Waals surface area contributed by atoms with E-state index < -0.39 is 0 Å². The first-order valence-corrected chi connectivity index (χ1v) is 10.4. The molecule has 0 fully saturated rings. The summed E-state index contributed by atoms with van der Waals surface area (Å²) in [7, 11) is 0. The van der Waals surface area contributed by atoms with Crippen LogP contribution in [0.4, 0.5) is 5.69 Å². The Hall–Kier alpha value is -4.19. The van der Waals surface area contributed by atoms with E-state index in [1.54, 1.807) is 18.6 Å². The third-order valence-corrected chi connectivity index (χ3v) is 5.22. The normalized spacial score (nSPS) is 10.6. The maximum absolute atomic E-state index is 12.5. The van der Waals surface area contributed by atoms with Gasteiger partial charge in [-0.1, -0.05) is 42.5 Å². The van der Waals surface area contributed by atoms with E-state index in [1.165, 1.54) is 0 Å². The van der Waals surface area contributed by atoms with Gasteiger partial charge in [0.05, 0.1) is 5.56 Å². The van der Waals surface area contributed by atoms with Crippen molar-refractivity contribution in [3.8, 4) is 0 Å². The number of nitrogens with two attached hydrogens (primary N) is 1. The zero-order valence-corrected chi connectivity index (χ0v) is 17.5. The van der Waals surface area contributed by atoms with Crippen molar-refractivity contribution in [1.82, 2.24) is 15.3 Å². The highest BCUT2D eigenvalue weighted by Gasteiger charge is 2.08. The van der Waals surface area contributed by atoms with Gasteiger partial charge in [0.15, 0.2) is 0 Å². The maximum atomic E-state index is 12.5. The summed E-state index contributed by atoms with van der Waals surface area (Å²) in [5, 5.41) is 2.91. The highest BCUT2D eigenvalue weighted by atomic mass is 16.1. The van der Waals surface area contributed by atoms with E-state index in [-0.39, 0.29) is 11.5 Å². The van der Waals surface area contributed by atoms with Crippen molar-refractivity contribution in [3.05, 3.63) is 129 Å². The number of nitrogens with zero attached hydrogens (tertiary/aromatic N) is 1. The second-order valence-corrected chi connectivity index (χ2v) is 7.70. The fraction of sp³-hybridized carbons (Fsp3) is 0.115. The van der Waals surface area contributed by atoms with E-state index in [1.807, 2.05) is 66.7 Å². The standard InChI is InChI=1S/C26H24N4O2/c27-24-9-7-20(8-10-24)16-30-26(32)23-14-21(15-28-17-23)12-18-3-5-19(6-4-18)13-22-2-1-11-29-25(22)31/h1-11,14-15,17H,12-13,16,27H2,(H,29,31)(H,30,32). The first kappa shape index (κ1) is 21.1. The Morgan fingerprint density at radius 2 is 1.56 bits per heavy atom. The molecule has 6 nitrogen and oxygen atoms in total. The Labute approximate surface area is 186 Å². The van der Waals surface area contributed by atoms with Crippen molar-refractivity contribution >= 4 is 11.6 Å². The van der Waals surface area contributed by atoms with Crippen molar-refractivity contribution in [3.63, 3.8) is 0 Å². The van der Waals surface area contributed by atoms with Crippen LogP contribution in [0.1, 0.15) is 38.2 Å². The van der Waals surface area contributed by atoms with E-state index in [2.05, 4.69) is 15.3 Å². The van der Waals surface area contributed by atoms with Crippen molar-refractivity contribution in [2.24, 2.45) is 0 Å². The largest absolute Gasteiger partial charge is 0.399 e. The smallest absolute Gasteiger partial charge is 0.253 e. The summed E-state index contributed by atoms with van der Waals surface area (Å²) in [6.45, 7) is 0.426. The zero-order chi connectivity index (χ0) is 22.3. The van der Waals surface area contributed by atoms with Gasteiger partial charge in [-0.2, -0.15) is 0 Å². The highest BCUT2D eigenvalue weighted by molar-refractivity contribution is 5.94. The molecule has 0 radical (unpaired) electrons. The molecule has 4 rings (SSSR count). The van der Waals surface area contributed by atoms with Crippen molar-refractivity contribution in [2.75, 3.05) is 5.73 Å². The number of nitrogens with one attached hydrogen (secondary N) is 2. The van der Waals surface area contributed by atoms with Gasteiger partial charge in [0.2, 0.25) is 0 Å². The number of carbonyl (C=O) groups excluding carboxylic acids is 1. The van der Waals surface area contributed by atoms with Crippen LogP contribution in [0.25, 0.3) is 0 Å². The van der Waals surface area contributed by atoms with E-state index in [9.17, 15) is 9.59 Å². The summed E-state index contributed by atoms with van der Waals surface area (Å²) >= 11 is 0. The molecule has 0 bridgehead atoms. The lowest BCUT2D eigenvalue weighted by molar-refractivity contribution is 0.0950. The van der Waals surface area contributed by atoms with E-state index >= 15 is 0 Å².